The summed E-state index contributed by atoms with van der Waals surface area (Å²) in [5.74, 6) is 0. The van der Waals surface area contributed by atoms with Crippen molar-refractivity contribution >= 4 is 43.0 Å². The van der Waals surface area contributed by atoms with Gasteiger partial charge in [0.05, 0.1) is 16.1 Å². The number of anilines is 1. The van der Waals surface area contributed by atoms with E-state index < -0.39 is 10.0 Å². The molecule has 0 aliphatic rings. The molecule has 0 atom stereocenters. The number of benzene rings is 1. The predicted octanol–water partition coefficient (Wildman–Crippen LogP) is 3.11. The molecule has 19 heavy (non-hydrogen) atoms. The molecule has 102 valence electrons. The van der Waals surface area contributed by atoms with Gasteiger partial charge in [-0.05, 0) is 35.0 Å². The number of thiophene rings is 1. The Labute approximate surface area is 124 Å². The Balaban J connectivity index is 2.39. The summed E-state index contributed by atoms with van der Waals surface area (Å²) < 4.78 is 27.9. The van der Waals surface area contributed by atoms with Gasteiger partial charge in [-0.3, -0.25) is 4.72 Å². The van der Waals surface area contributed by atoms with Crippen LogP contribution < -0.4 is 4.72 Å². The van der Waals surface area contributed by atoms with E-state index >= 15 is 0 Å². The molecule has 0 spiro atoms. The summed E-state index contributed by atoms with van der Waals surface area (Å²) in [4.78, 5) is 0.956. The van der Waals surface area contributed by atoms with Gasteiger partial charge in [0, 0.05) is 10.4 Å². The normalized spacial score (nSPS) is 11.5. The maximum atomic E-state index is 12.3. The molecule has 0 aliphatic heterocycles. The number of hydrogen-bond acceptors (Lipinski definition) is 4. The number of aliphatic hydroxyl groups excluding tert-OH is 1. The molecule has 0 bridgehead atoms. The second-order valence-corrected chi connectivity index (χ2v) is 8.18. The summed E-state index contributed by atoms with van der Waals surface area (Å²) in [5, 5.41) is 9.20. The zero-order valence-corrected chi connectivity index (χ0v) is 13.3. The maximum absolute atomic E-state index is 12.3. The van der Waals surface area contributed by atoms with Crippen LogP contribution in [-0.2, 0) is 16.6 Å². The molecule has 0 fully saturated rings. The first kappa shape index (κ1) is 14.5. The molecule has 0 unspecified atom stereocenters. The maximum Gasteiger partial charge on any atom is 0.263 e. The van der Waals surface area contributed by atoms with Crippen molar-refractivity contribution in [2.45, 2.75) is 18.4 Å². The molecule has 2 rings (SSSR count). The van der Waals surface area contributed by atoms with E-state index in [2.05, 4.69) is 20.7 Å². The Morgan fingerprint density at radius 3 is 2.63 bits per heavy atom. The lowest BCUT2D eigenvalue weighted by Gasteiger charge is -2.10. The first-order chi connectivity index (χ1) is 8.94. The number of nitrogens with one attached hydrogen (secondary N) is 1. The van der Waals surface area contributed by atoms with Crippen molar-refractivity contribution < 1.29 is 13.5 Å². The third-order valence-electron chi connectivity index (χ3n) is 2.56. The van der Waals surface area contributed by atoms with Crippen LogP contribution in [0.15, 0.2) is 39.0 Å². The average molecular weight is 362 g/mol. The second kappa shape index (κ2) is 5.62. The van der Waals surface area contributed by atoms with Gasteiger partial charge in [-0.1, -0.05) is 18.2 Å². The summed E-state index contributed by atoms with van der Waals surface area (Å²) in [6.07, 6.45) is 0. The minimum Gasteiger partial charge on any atom is -0.392 e. The standard InChI is InChI=1S/C12H12BrNO3S2/c1-8-11(6-12(13)18-8)19(16,17)14-10-5-3-2-4-9(10)7-15/h2-6,14-15H,7H2,1H3. The van der Waals surface area contributed by atoms with Crippen molar-refractivity contribution in [1.29, 1.82) is 0 Å². The quantitative estimate of drug-likeness (QED) is 0.878. The molecule has 0 radical (unpaired) electrons. The van der Waals surface area contributed by atoms with Crippen molar-refractivity contribution in [1.82, 2.24) is 0 Å². The van der Waals surface area contributed by atoms with Gasteiger partial charge in [0.1, 0.15) is 4.90 Å². The predicted molar refractivity (Wildman–Crippen MR) is 79.9 cm³/mol. The lowest BCUT2D eigenvalue weighted by Crippen LogP contribution is -2.14. The molecule has 0 aliphatic carbocycles. The number of hydrogen-bond donors (Lipinski definition) is 2. The Hall–Kier alpha value is -0.890. The number of aliphatic hydroxyl groups is 1. The summed E-state index contributed by atoms with van der Waals surface area (Å²) in [6, 6.07) is 8.33. The fraction of sp³-hybridized carbons (Fsp3) is 0.167. The van der Waals surface area contributed by atoms with Crippen LogP contribution in [0.25, 0.3) is 0 Å². The van der Waals surface area contributed by atoms with Crippen LogP contribution in [0.4, 0.5) is 5.69 Å². The molecule has 1 heterocycles. The lowest BCUT2D eigenvalue weighted by atomic mass is 10.2. The van der Waals surface area contributed by atoms with Gasteiger partial charge in [-0.25, -0.2) is 8.42 Å². The molecule has 4 nitrogen and oxygen atoms in total. The van der Waals surface area contributed by atoms with Gasteiger partial charge >= 0.3 is 0 Å². The monoisotopic (exact) mass is 361 g/mol. The molecule has 2 N–H and O–H groups in total. The largest absolute Gasteiger partial charge is 0.392 e. The van der Waals surface area contributed by atoms with E-state index in [1.165, 1.54) is 11.3 Å². The Morgan fingerprint density at radius 1 is 1.37 bits per heavy atom. The van der Waals surface area contributed by atoms with Crippen molar-refractivity contribution in [3.05, 3.63) is 44.6 Å². The SMILES string of the molecule is Cc1sc(Br)cc1S(=O)(=O)Nc1ccccc1CO. The molecular formula is C12H12BrNO3S2. The lowest BCUT2D eigenvalue weighted by molar-refractivity contribution is 0.282. The topological polar surface area (TPSA) is 66.4 Å². The highest BCUT2D eigenvalue weighted by atomic mass is 79.9. The summed E-state index contributed by atoms with van der Waals surface area (Å²) in [5.41, 5.74) is 0.935. The van der Waals surface area contributed by atoms with Crippen LogP contribution in [0.5, 0.6) is 0 Å². The minimum absolute atomic E-state index is 0.217. The zero-order valence-electron chi connectivity index (χ0n) is 10.1. The fourth-order valence-electron chi connectivity index (χ4n) is 1.65. The van der Waals surface area contributed by atoms with Crippen molar-refractivity contribution in [3.8, 4) is 0 Å². The second-order valence-electron chi connectivity index (χ2n) is 3.89. The first-order valence-corrected chi connectivity index (χ1v) is 8.51. The van der Waals surface area contributed by atoms with Gasteiger partial charge < -0.3 is 5.11 Å². The van der Waals surface area contributed by atoms with E-state index in [0.717, 1.165) is 3.79 Å². The van der Waals surface area contributed by atoms with Crippen LogP contribution in [0.3, 0.4) is 0 Å². The number of para-hydroxylation sites is 1. The van der Waals surface area contributed by atoms with Crippen molar-refractivity contribution in [2.24, 2.45) is 0 Å². The number of sulfonamides is 1. The minimum atomic E-state index is -3.64. The molecule has 1 aromatic carbocycles. The Bertz CT molecular complexity index is 695. The molecule has 7 heteroatoms. The Kier molecular flexibility index (Phi) is 4.29. The number of rotatable bonds is 4. The van der Waals surface area contributed by atoms with Gasteiger partial charge in [-0.2, -0.15) is 0 Å². The van der Waals surface area contributed by atoms with E-state index in [1.54, 1.807) is 37.3 Å². The van der Waals surface area contributed by atoms with E-state index in [-0.39, 0.29) is 11.5 Å². The molecule has 1 aromatic heterocycles. The molecule has 2 aromatic rings. The molecular weight excluding hydrogens is 350 g/mol. The number of halogens is 1. The molecule has 0 amide bonds. The van der Waals surface area contributed by atoms with Crippen molar-refractivity contribution in [3.63, 3.8) is 0 Å². The Morgan fingerprint density at radius 2 is 2.05 bits per heavy atom. The highest BCUT2D eigenvalue weighted by molar-refractivity contribution is 9.11. The summed E-state index contributed by atoms with van der Waals surface area (Å²) in [7, 11) is -3.64. The smallest absolute Gasteiger partial charge is 0.263 e. The fourth-order valence-corrected chi connectivity index (χ4v) is 5.17. The number of aryl methyl sites for hydroxylation is 1. The highest BCUT2D eigenvalue weighted by Crippen LogP contribution is 2.31. The van der Waals surface area contributed by atoms with E-state index in [0.29, 0.717) is 16.1 Å². The van der Waals surface area contributed by atoms with E-state index in [9.17, 15) is 13.5 Å². The summed E-state index contributed by atoms with van der Waals surface area (Å²) in [6.45, 7) is 1.53. The third-order valence-corrected chi connectivity index (χ3v) is 5.74. The third kappa shape index (κ3) is 3.17. The summed E-state index contributed by atoms with van der Waals surface area (Å²) >= 11 is 4.64. The van der Waals surface area contributed by atoms with Crippen LogP contribution >= 0.6 is 27.3 Å². The van der Waals surface area contributed by atoms with Crippen LogP contribution in [0.1, 0.15) is 10.4 Å². The van der Waals surface area contributed by atoms with Crippen molar-refractivity contribution in [2.75, 3.05) is 4.72 Å². The van der Waals surface area contributed by atoms with Gasteiger partial charge in [-0.15, -0.1) is 11.3 Å². The first-order valence-electron chi connectivity index (χ1n) is 5.41. The van der Waals surface area contributed by atoms with Gasteiger partial charge in [0.2, 0.25) is 0 Å². The molecule has 0 saturated heterocycles. The van der Waals surface area contributed by atoms with E-state index in [1.807, 2.05) is 0 Å². The molecule has 0 saturated carbocycles. The van der Waals surface area contributed by atoms with Crippen LogP contribution in [0.2, 0.25) is 0 Å². The van der Waals surface area contributed by atoms with Gasteiger partial charge in [0.25, 0.3) is 10.0 Å². The van der Waals surface area contributed by atoms with Gasteiger partial charge in [0.15, 0.2) is 0 Å². The van der Waals surface area contributed by atoms with E-state index in [4.69, 9.17) is 0 Å². The van der Waals surface area contributed by atoms with Crippen LogP contribution in [-0.4, -0.2) is 13.5 Å². The highest BCUT2D eigenvalue weighted by Gasteiger charge is 2.20. The average Bonchev–Trinajstić information content (AvgIpc) is 2.69. The van der Waals surface area contributed by atoms with Crippen LogP contribution in [0, 0.1) is 6.92 Å². The zero-order chi connectivity index (χ0) is 14.0.